The number of thioether (sulfide) groups is 1. The maximum Gasteiger partial charge on any atom is 0.329 e. The summed E-state index contributed by atoms with van der Waals surface area (Å²) in [4.78, 5) is 15.0. The van der Waals surface area contributed by atoms with Gasteiger partial charge in [0.15, 0.2) is 6.04 Å². The van der Waals surface area contributed by atoms with Gasteiger partial charge in [0.25, 0.3) is 0 Å². The molecule has 0 aliphatic carbocycles. The summed E-state index contributed by atoms with van der Waals surface area (Å²) in [6, 6.07) is -0.656. The molecule has 0 amide bonds. The van der Waals surface area contributed by atoms with E-state index in [4.69, 9.17) is 5.11 Å². The highest BCUT2D eigenvalue weighted by Gasteiger charge is 2.34. The summed E-state index contributed by atoms with van der Waals surface area (Å²) in [5.41, 5.74) is 0.793. The number of nitrogens with zero attached hydrogens (tertiary/aromatic N) is 1. The molecule has 0 unspecified atom stereocenters. The number of aliphatic imine (C=N–C) groups is 1. The zero-order valence-electron chi connectivity index (χ0n) is 9.23. The molecule has 86 valence electrons. The van der Waals surface area contributed by atoms with Crippen LogP contribution < -0.4 is 0 Å². The van der Waals surface area contributed by atoms with E-state index in [0.717, 1.165) is 5.71 Å². The van der Waals surface area contributed by atoms with E-state index < -0.39 is 18.1 Å². The Morgan fingerprint density at radius 3 is 2.80 bits per heavy atom. The second-order valence-corrected chi connectivity index (χ2v) is 5.95. The second-order valence-electron chi connectivity index (χ2n) is 4.30. The third-order valence-electron chi connectivity index (χ3n) is 2.38. The molecule has 1 aliphatic heterocycles. The molecule has 0 radical (unpaired) electrons. The van der Waals surface area contributed by atoms with Crippen LogP contribution in [0.15, 0.2) is 4.99 Å². The van der Waals surface area contributed by atoms with Crippen molar-refractivity contribution in [1.29, 1.82) is 0 Å². The molecular formula is C10H17NO3S. The first-order valence-corrected chi connectivity index (χ1v) is 5.93. The lowest BCUT2D eigenvalue weighted by Crippen LogP contribution is -2.39. The van der Waals surface area contributed by atoms with Gasteiger partial charge in [-0.15, -0.1) is 11.8 Å². The fourth-order valence-electron chi connectivity index (χ4n) is 1.46. The Hall–Kier alpha value is -0.550. The molecule has 0 aromatic carbocycles. The molecule has 0 aromatic rings. The Bertz CT molecular complexity index is 286. The van der Waals surface area contributed by atoms with Crippen molar-refractivity contribution < 1.29 is 15.0 Å². The summed E-state index contributed by atoms with van der Waals surface area (Å²) < 4.78 is -0.164. The lowest BCUT2D eigenvalue weighted by molar-refractivity contribution is -0.137. The number of hydrogen-bond acceptors (Lipinski definition) is 4. The molecule has 1 aliphatic rings. The maximum absolute atomic E-state index is 10.8. The molecule has 4 nitrogen and oxygen atoms in total. The summed E-state index contributed by atoms with van der Waals surface area (Å²) in [5.74, 6) is -0.382. The summed E-state index contributed by atoms with van der Waals surface area (Å²) >= 11 is 1.58. The lowest BCUT2D eigenvalue weighted by atomic mass is 10.0. The van der Waals surface area contributed by atoms with Crippen LogP contribution in [0.2, 0.25) is 0 Å². The standard InChI is InChI=1S/C10H17NO3S/c1-6(12)4-8-10(2,3)15-5-7(11-8)9(13)14/h6-7,12H,4-5H2,1-3H3,(H,13,14)/t6-,7+/m1/s1. The van der Waals surface area contributed by atoms with E-state index in [1.165, 1.54) is 0 Å². The van der Waals surface area contributed by atoms with Crippen LogP contribution in [-0.2, 0) is 4.79 Å². The van der Waals surface area contributed by atoms with Gasteiger partial charge in [-0.05, 0) is 20.8 Å². The van der Waals surface area contributed by atoms with E-state index in [1.54, 1.807) is 18.7 Å². The van der Waals surface area contributed by atoms with Gasteiger partial charge in [-0.25, -0.2) is 4.79 Å². The van der Waals surface area contributed by atoms with Gasteiger partial charge in [-0.2, -0.15) is 0 Å². The van der Waals surface area contributed by atoms with Crippen molar-refractivity contribution in [3.05, 3.63) is 0 Å². The summed E-state index contributed by atoms with van der Waals surface area (Å²) in [5, 5.41) is 18.2. The van der Waals surface area contributed by atoms with Crippen LogP contribution in [-0.4, -0.2) is 44.5 Å². The zero-order valence-corrected chi connectivity index (χ0v) is 10.0. The molecule has 5 heteroatoms. The summed E-state index contributed by atoms with van der Waals surface area (Å²) in [7, 11) is 0. The number of aliphatic carboxylic acids is 1. The number of hydrogen-bond donors (Lipinski definition) is 2. The Labute approximate surface area is 93.8 Å². The van der Waals surface area contributed by atoms with E-state index in [1.807, 2.05) is 13.8 Å². The molecule has 1 heterocycles. The smallest absolute Gasteiger partial charge is 0.329 e. The minimum Gasteiger partial charge on any atom is -0.480 e. The number of aliphatic hydroxyl groups is 1. The van der Waals surface area contributed by atoms with Crippen molar-refractivity contribution in [2.75, 3.05) is 5.75 Å². The summed E-state index contributed by atoms with van der Waals surface area (Å²) in [6.45, 7) is 5.71. The topological polar surface area (TPSA) is 69.9 Å². The van der Waals surface area contributed by atoms with Crippen LogP contribution in [0.5, 0.6) is 0 Å². The molecule has 1 rings (SSSR count). The monoisotopic (exact) mass is 231 g/mol. The van der Waals surface area contributed by atoms with Gasteiger partial charge >= 0.3 is 5.97 Å². The van der Waals surface area contributed by atoms with Crippen LogP contribution in [0.4, 0.5) is 0 Å². The Morgan fingerprint density at radius 1 is 1.73 bits per heavy atom. The van der Waals surface area contributed by atoms with Crippen LogP contribution in [0.1, 0.15) is 27.2 Å². The second kappa shape index (κ2) is 4.53. The van der Waals surface area contributed by atoms with Crippen molar-refractivity contribution >= 4 is 23.4 Å². The molecule has 0 fully saturated rings. The van der Waals surface area contributed by atoms with Crippen molar-refractivity contribution in [2.24, 2.45) is 4.99 Å². The van der Waals surface area contributed by atoms with Crippen LogP contribution in [0.3, 0.4) is 0 Å². The van der Waals surface area contributed by atoms with Gasteiger partial charge < -0.3 is 10.2 Å². The number of rotatable bonds is 3. The highest BCUT2D eigenvalue weighted by molar-refractivity contribution is 8.01. The van der Waals surface area contributed by atoms with Crippen molar-refractivity contribution in [3.8, 4) is 0 Å². The molecule has 15 heavy (non-hydrogen) atoms. The summed E-state index contributed by atoms with van der Waals surface area (Å²) in [6.07, 6.45) is -0.0276. The molecule has 2 N–H and O–H groups in total. The van der Waals surface area contributed by atoms with Gasteiger partial charge in [0, 0.05) is 22.6 Å². The van der Waals surface area contributed by atoms with E-state index >= 15 is 0 Å². The van der Waals surface area contributed by atoms with Crippen molar-refractivity contribution in [1.82, 2.24) is 0 Å². The van der Waals surface area contributed by atoms with Crippen LogP contribution >= 0.6 is 11.8 Å². The molecule has 2 atom stereocenters. The number of carboxylic acid groups (broad SMARTS) is 1. The number of carbonyl (C=O) groups is 1. The minimum atomic E-state index is -0.888. The molecular weight excluding hydrogens is 214 g/mol. The number of aliphatic hydroxyl groups excluding tert-OH is 1. The van der Waals surface area contributed by atoms with Gasteiger partial charge in [-0.3, -0.25) is 4.99 Å². The average Bonchev–Trinajstić information content (AvgIpc) is 2.07. The van der Waals surface area contributed by atoms with Crippen LogP contribution in [0, 0.1) is 0 Å². The molecule has 0 spiro atoms. The maximum atomic E-state index is 10.8. The highest BCUT2D eigenvalue weighted by atomic mass is 32.2. The first-order valence-electron chi connectivity index (χ1n) is 4.95. The highest BCUT2D eigenvalue weighted by Crippen LogP contribution is 2.33. The molecule has 0 bridgehead atoms. The predicted octanol–water partition coefficient (Wildman–Crippen LogP) is 1.18. The normalized spacial score (nSPS) is 26.9. The Morgan fingerprint density at radius 2 is 2.33 bits per heavy atom. The largest absolute Gasteiger partial charge is 0.480 e. The van der Waals surface area contributed by atoms with E-state index in [9.17, 15) is 9.90 Å². The van der Waals surface area contributed by atoms with Crippen molar-refractivity contribution in [3.63, 3.8) is 0 Å². The third-order valence-corrected chi connectivity index (χ3v) is 3.82. The van der Waals surface area contributed by atoms with E-state index in [2.05, 4.69) is 4.99 Å². The fourth-order valence-corrected chi connectivity index (χ4v) is 2.55. The van der Waals surface area contributed by atoms with Gasteiger partial charge in [0.1, 0.15) is 0 Å². The van der Waals surface area contributed by atoms with Gasteiger partial charge in [0.05, 0.1) is 6.10 Å². The first kappa shape index (κ1) is 12.5. The van der Waals surface area contributed by atoms with E-state index in [-0.39, 0.29) is 4.75 Å². The average molecular weight is 231 g/mol. The Balaban J connectivity index is 2.87. The van der Waals surface area contributed by atoms with Crippen LogP contribution in [0.25, 0.3) is 0 Å². The molecule has 0 saturated heterocycles. The number of carboxylic acids is 1. The predicted molar refractivity (Wildman–Crippen MR) is 61.7 cm³/mol. The van der Waals surface area contributed by atoms with Gasteiger partial charge in [-0.1, -0.05) is 0 Å². The third kappa shape index (κ3) is 3.21. The SMILES string of the molecule is C[C@@H](O)CC1=N[C@H](C(=O)O)CSC1(C)C. The van der Waals surface area contributed by atoms with Gasteiger partial charge in [0.2, 0.25) is 0 Å². The quantitative estimate of drug-likeness (QED) is 0.765. The molecule has 0 aromatic heterocycles. The van der Waals surface area contributed by atoms with E-state index in [0.29, 0.717) is 12.2 Å². The lowest BCUT2D eigenvalue weighted by Gasteiger charge is -2.32. The fraction of sp³-hybridized carbons (Fsp3) is 0.800. The molecule has 0 saturated carbocycles. The van der Waals surface area contributed by atoms with Crippen molar-refractivity contribution in [2.45, 2.75) is 44.1 Å². The zero-order chi connectivity index (χ0) is 11.6. The first-order chi connectivity index (χ1) is 6.83. The Kier molecular flexibility index (Phi) is 3.78. The minimum absolute atomic E-state index is 0.164.